The Bertz CT molecular complexity index is 1180. The lowest BCUT2D eigenvalue weighted by molar-refractivity contribution is -0.286. The van der Waals surface area contributed by atoms with Crippen LogP contribution in [-0.4, -0.2) is 17.2 Å². The first-order valence-corrected chi connectivity index (χ1v) is 10.3. The van der Waals surface area contributed by atoms with Crippen molar-refractivity contribution in [3.8, 4) is 11.5 Å². The van der Waals surface area contributed by atoms with Gasteiger partial charge in [-0.05, 0) is 54.7 Å². The van der Waals surface area contributed by atoms with Gasteiger partial charge in [-0.3, -0.25) is 4.79 Å². The van der Waals surface area contributed by atoms with E-state index in [1.807, 2.05) is 43.3 Å². The van der Waals surface area contributed by atoms with Gasteiger partial charge in [-0.15, -0.1) is 8.78 Å². The molecule has 1 saturated carbocycles. The Morgan fingerprint density at radius 1 is 1.03 bits per heavy atom. The zero-order chi connectivity index (χ0) is 22.3. The third-order valence-corrected chi connectivity index (χ3v) is 5.78. The van der Waals surface area contributed by atoms with Crippen LogP contribution < -0.4 is 20.1 Å². The number of halogens is 2. The fraction of sp³-hybridized carbons (Fsp3) is 0.250. The third-order valence-electron chi connectivity index (χ3n) is 5.78. The normalized spacial score (nSPS) is 17.0. The number of carbonyl (C=O) groups is 1. The van der Waals surface area contributed by atoms with Gasteiger partial charge in [0.25, 0.3) is 0 Å². The molecule has 6 nitrogen and oxygen atoms in total. The van der Waals surface area contributed by atoms with Crippen molar-refractivity contribution >= 4 is 17.5 Å². The first-order chi connectivity index (χ1) is 15.3. The second kappa shape index (κ2) is 7.47. The predicted molar refractivity (Wildman–Crippen MR) is 115 cm³/mol. The molecule has 1 amide bonds. The number of anilines is 2. The van der Waals surface area contributed by atoms with Crippen molar-refractivity contribution in [3.63, 3.8) is 0 Å². The maximum atomic E-state index is 13.3. The minimum Gasteiger partial charge on any atom is -0.395 e. The second-order valence-corrected chi connectivity index (χ2v) is 8.07. The predicted octanol–water partition coefficient (Wildman–Crippen LogP) is 4.99. The Morgan fingerprint density at radius 3 is 2.53 bits per heavy atom. The molecule has 1 aliphatic heterocycles. The molecule has 1 aliphatic carbocycles. The van der Waals surface area contributed by atoms with E-state index in [1.165, 1.54) is 12.1 Å². The standard InChI is InChI=1S/C24H21F2N3O3/c1-15-7-10-20(28-21(15)27-14-16-5-3-2-4-6-16)29-22(30)23(11-12-23)17-8-9-18-19(13-17)32-24(25,26)31-18/h2-10,13H,11-12,14H2,1H3,(H2,27,28,29,30). The molecule has 2 aromatic carbocycles. The molecular weight excluding hydrogens is 416 g/mol. The molecule has 1 aromatic heterocycles. The number of rotatable bonds is 6. The Labute approximate surface area is 183 Å². The van der Waals surface area contributed by atoms with E-state index in [0.29, 0.717) is 36.6 Å². The average Bonchev–Trinajstić information content (AvgIpc) is 3.52. The highest BCUT2D eigenvalue weighted by atomic mass is 19.3. The summed E-state index contributed by atoms with van der Waals surface area (Å²) in [6.07, 6.45) is -2.46. The number of aryl methyl sites for hydroxylation is 1. The summed E-state index contributed by atoms with van der Waals surface area (Å²) in [6.45, 7) is 2.55. The monoisotopic (exact) mass is 437 g/mol. The zero-order valence-corrected chi connectivity index (χ0v) is 17.3. The number of ether oxygens (including phenoxy) is 2. The molecule has 0 spiro atoms. The largest absolute Gasteiger partial charge is 0.586 e. The molecule has 0 atom stereocenters. The summed E-state index contributed by atoms with van der Waals surface area (Å²) < 4.78 is 35.6. The van der Waals surface area contributed by atoms with Crippen molar-refractivity contribution in [2.45, 2.75) is 38.0 Å². The van der Waals surface area contributed by atoms with Crippen molar-refractivity contribution in [1.82, 2.24) is 4.98 Å². The second-order valence-electron chi connectivity index (χ2n) is 8.07. The van der Waals surface area contributed by atoms with E-state index in [4.69, 9.17) is 0 Å². The molecule has 0 bridgehead atoms. The van der Waals surface area contributed by atoms with Gasteiger partial charge in [-0.25, -0.2) is 4.98 Å². The quantitative estimate of drug-likeness (QED) is 0.568. The number of pyridine rings is 1. The summed E-state index contributed by atoms with van der Waals surface area (Å²) in [4.78, 5) is 17.7. The first kappa shape index (κ1) is 20.2. The molecule has 164 valence electrons. The number of hydrogen-bond donors (Lipinski definition) is 2. The molecular formula is C24H21F2N3O3. The lowest BCUT2D eigenvalue weighted by Gasteiger charge is -2.17. The zero-order valence-electron chi connectivity index (χ0n) is 17.3. The number of hydrogen-bond acceptors (Lipinski definition) is 5. The minimum absolute atomic E-state index is 0.0377. The molecule has 8 heteroatoms. The number of amides is 1. The van der Waals surface area contributed by atoms with Crippen LogP contribution >= 0.6 is 0 Å². The van der Waals surface area contributed by atoms with Crippen LogP contribution in [0.15, 0.2) is 60.7 Å². The van der Waals surface area contributed by atoms with E-state index in [2.05, 4.69) is 25.1 Å². The van der Waals surface area contributed by atoms with Gasteiger partial charge in [0.2, 0.25) is 5.91 Å². The molecule has 2 aliphatic rings. The molecule has 1 fully saturated rings. The van der Waals surface area contributed by atoms with Crippen molar-refractivity contribution in [1.29, 1.82) is 0 Å². The van der Waals surface area contributed by atoms with Crippen molar-refractivity contribution in [2.75, 3.05) is 10.6 Å². The summed E-state index contributed by atoms with van der Waals surface area (Å²) in [6, 6.07) is 18.1. The number of alkyl halides is 2. The summed E-state index contributed by atoms with van der Waals surface area (Å²) >= 11 is 0. The summed E-state index contributed by atoms with van der Waals surface area (Å²) in [5.41, 5.74) is 1.90. The van der Waals surface area contributed by atoms with Crippen LogP contribution in [0.3, 0.4) is 0 Å². The molecule has 0 radical (unpaired) electrons. The van der Waals surface area contributed by atoms with Crippen LogP contribution in [0.2, 0.25) is 0 Å². The van der Waals surface area contributed by atoms with Crippen molar-refractivity contribution in [2.24, 2.45) is 0 Å². The van der Waals surface area contributed by atoms with E-state index in [0.717, 1.165) is 11.1 Å². The highest BCUT2D eigenvalue weighted by molar-refractivity contribution is 6.01. The highest BCUT2D eigenvalue weighted by Crippen LogP contribution is 2.52. The SMILES string of the molecule is Cc1ccc(NC(=O)C2(c3ccc4c(c3)OC(F)(F)O4)CC2)nc1NCc1ccccc1. The summed E-state index contributed by atoms with van der Waals surface area (Å²) in [7, 11) is 0. The molecule has 5 rings (SSSR count). The maximum Gasteiger partial charge on any atom is 0.586 e. The average molecular weight is 437 g/mol. The summed E-state index contributed by atoms with van der Waals surface area (Å²) in [5.74, 6) is 0.779. The molecule has 0 saturated heterocycles. The van der Waals surface area contributed by atoms with Gasteiger partial charge in [-0.2, -0.15) is 0 Å². The van der Waals surface area contributed by atoms with Gasteiger partial charge in [0.05, 0.1) is 5.41 Å². The van der Waals surface area contributed by atoms with Crippen LogP contribution in [0, 0.1) is 6.92 Å². The van der Waals surface area contributed by atoms with Gasteiger partial charge in [0, 0.05) is 6.54 Å². The lowest BCUT2D eigenvalue weighted by Crippen LogP contribution is -2.28. The maximum absolute atomic E-state index is 13.3. The van der Waals surface area contributed by atoms with E-state index < -0.39 is 11.7 Å². The van der Waals surface area contributed by atoms with Gasteiger partial charge < -0.3 is 20.1 Å². The number of fused-ring (bicyclic) bond motifs is 1. The molecule has 3 aromatic rings. The van der Waals surface area contributed by atoms with E-state index in [-0.39, 0.29) is 17.4 Å². The topological polar surface area (TPSA) is 72.5 Å². The van der Waals surface area contributed by atoms with Crippen molar-refractivity contribution in [3.05, 3.63) is 77.4 Å². The Hall–Kier alpha value is -3.68. The fourth-order valence-corrected chi connectivity index (χ4v) is 3.81. The van der Waals surface area contributed by atoms with Gasteiger partial charge in [0.15, 0.2) is 11.5 Å². The minimum atomic E-state index is -3.69. The lowest BCUT2D eigenvalue weighted by atomic mass is 9.94. The molecule has 32 heavy (non-hydrogen) atoms. The Balaban J connectivity index is 1.31. The number of benzene rings is 2. The molecule has 2 heterocycles. The molecule has 0 unspecified atom stereocenters. The smallest absolute Gasteiger partial charge is 0.395 e. The van der Waals surface area contributed by atoms with Crippen LogP contribution in [0.4, 0.5) is 20.4 Å². The Morgan fingerprint density at radius 2 is 1.78 bits per heavy atom. The van der Waals surface area contributed by atoms with Crippen molar-refractivity contribution < 1.29 is 23.0 Å². The third kappa shape index (κ3) is 3.84. The molecule has 2 N–H and O–H groups in total. The fourth-order valence-electron chi connectivity index (χ4n) is 3.81. The van der Waals surface area contributed by atoms with Gasteiger partial charge in [0.1, 0.15) is 11.6 Å². The van der Waals surface area contributed by atoms with E-state index in [1.54, 1.807) is 12.1 Å². The summed E-state index contributed by atoms with van der Waals surface area (Å²) in [5, 5.41) is 6.18. The first-order valence-electron chi connectivity index (χ1n) is 10.3. The number of nitrogens with zero attached hydrogens (tertiary/aromatic N) is 1. The number of carbonyl (C=O) groups excluding carboxylic acids is 1. The van der Waals surface area contributed by atoms with Gasteiger partial charge >= 0.3 is 6.29 Å². The van der Waals surface area contributed by atoms with Crippen LogP contribution in [0.5, 0.6) is 11.5 Å². The number of aromatic nitrogens is 1. The van der Waals surface area contributed by atoms with Crippen LogP contribution in [0.1, 0.15) is 29.5 Å². The van der Waals surface area contributed by atoms with E-state index >= 15 is 0 Å². The van der Waals surface area contributed by atoms with Crippen LogP contribution in [0.25, 0.3) is 0 Å². The van der Waals surface area contributed by atoms with E-state index in [9.17, 15) is 13.6 Å². The van der Waals surface area contributed by atoms with Gasteiger partial charge in [-0.1, -0.05) is 42.5 Å². The number of nitrogens with one attached hydrogen (secondary N) is 2. The highest BCUT2D eigenvalue weighted by Gasteiger charge is 2.53. The Kier molecular flexibility index (Phi) is 4.73. The van der Waals surface area contributed by atoms with Crippen LogP contribution in [-0.2, 0) is 16.8 Å².